The third-order valence-corrected chi connectivity index (χ3v) is 4.22. The Morgan fingerprint density at radius 2 is 1.39 bits per heavy atom. The van der Waals surface area contributed by atoms with Crippen LogP contribution in [0, 0.1) is 0 Å². The second kappa shape index (κ2) is 9.11. The van der Waals surface area contributed by atoms with Gasteiger partial charge in [-0.3, -0.25) is 4.79 Å². The van der Waals surface area contributed by atoms with Gasteiger partial charge in [-0.1, -0.05) is 11.6 Å². The summed E-state index contributed by atoms with van der Waals surface area (Å²) in [5.74, 6) is 2.14. The van der Waals surface area contributed by atoms with E-state index in [2.05, 4.69) is 5.32 Å². The monoisotopic (exact) mass is 393 g/mol. The second-order valence-corrected chi connectivity index (χ2v) is 6.56. The molecule has 0 radical (unpaired) electrons. The lowest BCUT2D eigenvalue weighted by Crippen LogP contribution is -2.01. The van der Waals surface area contributed by atoms with Crippen LogP contribution in [0.5, 0.6) is 17.2 Å². The number of methoxy groups -OCH3 is 1. The third kappa shape index (κ3) is 5.38. The molecule has 28 heavy (non-hydrogen) atoms. The van der Waals surface area contributed by atoms with Crippen LogP contribution in [0.2, 0.25) is 5.02 Å². The van der Waals surface area contributed by atoms with Crippen LogP contribution in [0.1, 0.15) is 17.3 Å². The molecule has 1 N–H and O–H groups in total. The van der Waals surface area contributed by atoms with Crippen LogP contribution in [0.25, 0.3) is 0 Å². The predicted octanol–water partition coefficient (Wildman–Crippen LogP) is 6.34. The summed E-state index contributed by atoms with van der Waals surface area (Å²) in [6, 6.07) is 21.7. The minimum atomic E-state index is -0.0823. The van der Waals surface area contributed by atoms with Crippen molar-refractivity contribution in [3.05, 3.63) is 95.2 Å². The van der Waals surface area contributed by atoms with Crippen molar-refractivity contribution in [3.8, 4) is 17.2 Å². The quantitative estimate of drug-likeness (QED) is 0.376. The predicted molar refractivity (Wildman–Crippen MR) is 113 cm³/mol. The van der Waals surface area contributed by atoms with Gasteiger partial charge >= 0.3 is 0 Å². The number of nitrogens with one attached hydrogen (secondary N) is 1. The van der Waals surface area contributed by atoms with Crippen LogP contribution in [0.4, 0.5) is 5.69 Å². The van der Waals surface area contributed by atoms with Crippen LogP contribution in [-0.4, -0.2) is 12.9 Å². The number of halogens is 1. The highest BCUT2D eigenvalue weighted by Gasteiger charge is 2.04. The van der Waals surface area contributed by atoms with E-state index in [1.807, 2.05) is 55.5 Å². The molecule has 0 aromatic heterocycles. The maximum atomic E-state index is 12.3. The molecule has 0 unspecified atom stereocenters. The molecule has 3 aromatic carbocycles. The summed E-state index contributed by atoms with van der Waals surface area (Å²) >= 11 is 5.85. The summed E-state index contributed by atoms with van der Waals surface area (Å²) in [5.41, 5.74) is 2.19. The molecule has 0 aliphatic rings. The number of carbonyl (C=O) groups is 1. The molecule has 0 fully saturated rings. The number of hydrogen-bond donors (Lipinski definition) is 1. The standard InChI is InChI=1S/C23H20ClNO3/c1-16(15-23(26)17-3-5-18(24)6-4-17)25-19-7-9-21(10-8-19)28-22-13-11-20(27-2)12-14-22/h3-15,25H,1-2H3/b16-15+. The van der Waals surface area contributed by atoms with E-state index >= 15 is 0 Å². The molecular formula is C23H20ClNO3. The number of ether oxygens (including phenoxy) is 2. The SMILES string of the molecule is COc1ccc(Oc2ccc(N/C(C)=C/C(=O)c3ccc(Cl)cc3)cc2)cc1. The van der Waals surface area contributed by atoms with Gasteiger partial charge in [-0.05, 0) is 79.7 Å². The molecule has 5 heteroatoms. The smallest absolute Gasteiger partial charge is 0.187 e. The summed E-state index contributed by atoms with van der Waals surface area (Å²) in [5, 5.41) is 3.81. The summed E-state index contributed by atoms with van der Waals surface area (Å²) in [7, 11) is 1.63. The zero-order valence-corrected chi connectivity index (χ0v) is 16.4. The van der Waals surface area contributed by atoms with Crippen LogP contribution < -0.4 is 14.8 Å². The lowest BCUT2D eigenvalue weighted by atomic mass is 10.1. The molecule has 0 saturated carbocycles. The van der Waals surface area contributed by atoms with Crippen molar-refractivity contribution < 1.29 is 14.3 Å². The molecule has 3 rings (SSSR count). The van der Waals surface area contributed by atoms with Gasteiger partial charge < -0.3 is 14.8 Å². The van der Waals surface area contributed by atoms with Crippen molar-refractivity contribution in [1.82, 2.24) is 0 Å². The van der Waals surface area contributed by atoms with Crippen LogP contribution in [-0.2, 0) is 0 Å². The first-order valence-electron chi connectivity index (χ1n) is 8.71. The molecule has 0 spiro atoms. The Bertz CT molecular complexity index is 962. The summed E-state index contributed by atoms with van der Waals surface area (Å²) in [6.45, 7) is 1.84. The topological polar surface area (TPSA) is 47.6 Å². The van der Waals surface area contributed by atoms with E-state index in [9.17, 15) is 4.79 Å². The van der Waals surface area contributed by atoms with Gasteiger partial charge in [0.05, 0.1) is 7.11 Å². The van der Waals surface area contributed by atoms with E-state index in [0.717, 1.165) is 28.6 Å². The minimum absolute atomic E-state index is 0.0823. The zero-order chi connectivity index (χ0) is 19.9. The fraction of sp³-hybridized carbons (Fsp3) is 0.0870. The van der Waals surface area contributed by atoms with E-state index in [1.165, 1.54) is 0 Å². The Labute approximate surface area is 169 Å². The third-order valence-electron chi connectivity index (χ3n) is 3.97. The van der Waals surface area contributed by atoms with Gasteiger partial charge in [0.25, 0.3) is 0 Å². The van der Waals surface area contributed by atoms with Crippen molar-refractivity contribution in [1.29, 1.82) is 0 Å². The van der Waals surface area contributed by atoms with Crippen LogP contribution >= 0.6 is 11.6 Å². The average Bonchev–Trinajstić information content (AvgIpc) is 2.70. The summed E-state index contributed by atoms with van der Waals surface area (Å²) in [4.78, 5) is 12.3. The number of anilines is 1. The molecule has 0 aliphatic heterocycles. The first-order valence-corrected chi connectivity index (χ1v) is 9.08. The lowest BCUT2D eigenvalue weighted by molar-refractivity contribution is 0.104. The fourth-order valence-corrected chi connectivity index (χ4v) is 2.67. The molecule has 0 aliphatic carbocycles. The van der Waals surface area contributed by atoms with E-state index in [0.29, 0.717) is 10.6 Å². The number of hydrogen-bond acceptors (Lipinski definition) is 4. The number of allylic oxidation sites excluding steroid dienone is 2. The number of benzene rings is 3. The van der Waals surface area contributed by atoms with Crippen molar-refractivity contribution >= 4 is 23.1 Å². The van der Waals surface area contributed by atoms with E-state index in [1.54, 1.807) is 37.5 Å². The van der Waals surface area contributed by atoms with E-state index < -0.39 is 0 Å². The van der Waals surface area contributed by atoms with Crippen LogP contribution in [0.3, 0.4) is 0 Å². The maximum absolute atomic E-state index is 12.3. The Balaban J connectivity index is 1.61. The Kier molecular flexibility index (Phi) is 6.35. The van der Waals surface area contributed by atoms with Gasteiger partial charge in [0.15, 0.2) is 5.78 Å². The normalized spacial score (nSPS) is 11.0. The van der Waals surface area contributed by atoms with Gasteiger partial charge in [-0.2, -0.15) is 0 Å². The second-order valence-electron chi connectivity index (χ2n) is 6.13. The maximum Gasteiger partial charge on any atom is 0.187 e. The minimum Gasteiger partial charge on any atom is -0.497 e. The highest BCUT2D eigenvalue weighted by molar-refractivity contribution is 6.30. The molecule has 0 saturated heterocycles. The highest BCUT2D eigenvalue weighted by atomic mass is 35.5. The van der Waals surface area contributed by atoms with Crippen molar-refractivity contribution in [2.75, 3.05) is 12.4 Å². The molecule has 0 amide bonds. The van der Waals surface area contributed by atoms with Gasteiger partial charge in [0, 0.05) is 28.0 Å². The summed E-state index contributed by atoms with van der Waals surface area (Å²) in [6.07, 6.45) is 1.56. The van der Waals surface area contributed by atoms with Crippen molar-refractivity contribution in [3.63, 3.8) is 0 Å². The molecular weight excluding hydrogens is 374 g/mol. The first-order chi connectivity index (χ1) is 13.5. The van der Waals surface area contributed by atoms with E-state index in [-0.39, 0.29) is 5.78 Å². The van der Waals surface area contributed by atoms with E-state index in [4.69, 9.17) is 21.1 Å². The number of rotatable bonds is 7. The number of carbonyl (C=O) groups excluding carboxylic acids is 1. The lowest BCUT2D eigenvalue weighted by Gasteiger charge is -2.09. The van der Waals surface area contributed by atoms with Gasteiger partial charge in [-0.15, -0.1) is 0 Å². The van der Waals surface area contributed by atoms with Crippen molar-refractivity contribution in [2.45, 2.75) is 6.92 Å². The molecule has 142 valence electrons. The zero-order valence-electron chi connectivity index (χ0n) is 15.6. The van der Waals surface area contributed by atoms with Gasteiger partial charge in [0.2, 0.25) is 0 Å². The summed E-state index contributed by atoms with van der Waals surface area (Å²) < 4.78 is 10.9. The molecule has 0 bridgehead atoms. The Morgan fingerprint density at radius 1 is 0.857 bits per heavy atom. The molecule has 3 aromatic rings. The average molecular weight is 394 g/mol. The van der Waals surface area contributed by atoms with Gasteiger partial charge in [-0.25, -0.2) is 0 Å². The Morgan fingerprint density at radius 3 is 1.96 bits per heavy atom. The molecule has 0 heterocycles. The Hall–Kier alpha value is -3.24. The fourth-order valence-electron chi connectivity index (χ4n) is 2.54. The largest absolute Gasteiger partial charge is 0.497 e. The molecule has 4 nitrogen and oxygen atoms in total. The molecule has 0 atom stereocenters. The van der Waals surface area contributed by atoms with Crippen LogP contribution in [0.15, 0.2) is 84.6 Å². The van der Waals surface area contributed by atoms with Crippen molar-refractivity contribution in [2.24, 2.45) is 0 Å². The van der Waals surface area contributed by atoms with Gasteiger partial charge in [0.1, 0.15) is 17.2 Å². The highest BCUT2D eigenvalue weighted by Crippen LogP contribution is 2.25. The first kappa shape index (κ1) is 19.5. The number of ketones is 1.